The first-order chi connectivity index (χ1) is 12.2. The molecule has 0 amide bonds. The lowest BCUT2D eigenvalue weighted by Gasteiger charge is -2.36. The van der Waals surface area contributed by atoms with Crippen LogP contribution < -0.4 is 30.6 Å². The van der Waals surface area contributed by atoms with Crippen molar-refractivity contribution in [3.8, 4) is 0 Å². The molecule has 3 unspecified atom stereocenters. The van der Waals surface area contributed by atoms with Gasteiger partial charge in [-0.25, -0.2) is 0 Å². The topological polar surface area (TPSA) is 86.2 Å². The predicted molar refractivity (Wildman–Crippen MR) is 119 cm³/mol. The molecule has 0 aliphatic carbocycles. The molecule has 0 N–H and O–H groups in total. The van der Waals surface area contributed by atoms with E-state index in [0.29, 0.717) is 0 Å². The first kappa shape index (κ1) is 25.1. The van der Waals surface area contributed by atoms with Crippen LogP contribution in [-0.2, 0) is 4.57 Å². The van der Waals surface area contributed by atoms with E-state index in [4.69, 9.17) is 19.2 Å². The van der Waals surface area contributed by atoms with Crippen molar-refractivity contribution in [1.82, 2.24) is 0 Å². The molecule has 0 fully saturated rings. The van der Waals surface area contributed by atoms with Crippen LogP contribution in [0, 0.1) is 0 Å². The molecule has 0 bridgehead atoms. The second-order valence-corrected chi connectivity index (χ2v) is 8.25. The van der Waals surface area contributed by atoms with E-state index in [0.717, 1.165) is 0 Å². The van der Waals surface area contributed by atoms with E-state index in [1.165, 1.54) is 15.9 Å². The Bertz CT molecular complexity index is 637. The van der Waals surface area contributed by atoms with Crippen LogP contribution in [0.25, 0.3) is 0 Å². The average molecular weight is 428 g/mol. The highest BCUT2D eigenvalue weighted by Crippen LogP contribution is 2.03. The maximum atomic E-state index is 8.55. The van der Waals surface area contributed by atoms with Gasteiger partial charge in [0.05, 0.1) is 15.9 Å². The first-order valence-electron chi connectivity index (χ1n) is 7.52. The van der Waals surface area contributed by atoms with Gasteiger partial charge in [0.15, 0.2) is 0 Å². The van der Waals surface area contributed by atoms with Gasteiger partial charge in [-0.1, -0.05) is 54.6 Å². The van der Waals surface area contributed by atoms with Crippen LogP contribution in [0.15, 0.2) is 91.0 Å². The molecular formula is C18H24O4P4. The van der Waals surface area contributed by atoms with E-state index in [1.807, 2.05) is 82.3 Å². The van der Waals surface area contributed by atoms with E-state index in [2.05, 4.69) is 36.4 Å². The lowest BCUT2D eigenvalue weighted by atomic mass is 10.4. The quantitative estimate of drug-likeness (QED) is 0.470. The lowest BCUT2D eigenvalue weighted by Crippen LogP contribution is -2.24. The summed E-state index contributed by atoms with van der Waals surface area (Å²) in [5.41, 5.74) is 0. The van der Waals surface area contributed by atoms with Gasteiger partial charge in [-0.2, -0.15) is 7.82 Å². The Balaban J connectivity index is 0.000000324. The molecule has 8 heteroatoms. The van der Waals surface area contributed by atoms with Crippen LogP contribution in [0.2, 0.25) is 0 Å². The minimum absolute atomic E-state index is 1.35. The van der Waals surface area contributed by atoms with Gasteiger partial charge >= 0.3 is 0 Å². The zero-order valence-corrected chi connectivity index (χ0v) is 19.5. The van der Waals surface area contributed by atoms with Crippen LogP contribution in [0.5, 0.6) is 0 Å². The van der Waals surface area contributed by atoms with Gasteiger partial charge in [0, 0.05) is 27.7 Å². The molecule has 3 atom stereocenters. The fourth-order valence-electron chi connectivity index (χ4n) is 1.43. The number of rotatable bonds is 0. The molecule has 4 nitrogen and oxygen atoms in total. The lowest BCUT2D eigenvalue weighted by molar-refractivity contribution is -0.432. The molecule has 3 aromatic carbocycles. The van der Waals surface area contributed by atoms with Crippen molar-refractivity contribution in [2.75, 3.05) is 0 Å². The highest BCUT2D eigenvalue weighted by Gasteiger charge is 1.79. The van der Waals surface area contributed by atoms with Gasteiger partial charge in [0.25, 0.3) is 0 Å². The molecule has 26 heavy (non-hydrogen) atoms. The molecule has 140 valence electrons. The number of hydrogen-bond donors (Lipinski definition) is 0. The Morgan fingerprint density at radius 1 is 0.500 bits per heavy atom. The van der Waals surface area contributed by atoms with Crippen molar-refractivity contribution in [2.24, 2.45) is 0 Å². The van der Waals surface area contributed by atoms with Gasteiger partial charge in [-0.15, -0.1) is 0 Å². The van der Waals surface area contributed by atoms with Crippen LogP contribution in [0.1, 0.15) is 0 Å². The SMILES string of the molecule is O=P([O-])([O-])[O-].[PH3+]c1ccccc1.[PH3+]c1ccccc1.[PH3+]c1ccccc1. The Morgan fingerprint density at radius 3 is 0.731 bits per heavy atom. The van der Waals surface area contributed by atoms with Gasteiger partial charge in [-0.3, -0.25) is 0 Å². The third-order valence-electron chi connectivity index (χ3n) is 2.53. The fraction of sp³-hybridized carbons (Fsp3) is 0. The van der Waals surface area contributed by atoms with Gasteiger partial charge in [0.2, 0.25) is 0 Å². The van der Waals surface area contributed by atoms with Crippen molar-refractivity contribution in [3.63, 3.8) is 0 Å². The van der Waals surface area contributed by atoms with E-state index >= 15 is 0 Å². The summed E-state index contributed by atoms with van der Waals surface area (Å²) in [5, 5.41) is 4.05. The summed E-state index contributed by atoms with van der Waals surface area (Å²) >= 11 is 0. The summed E-state index contributed by atoms with van der Waals surface area (Å²) in [5.74, 6) is 0. The highest BCUT2D eigenvalue weighted by molar-refractivity contribution is 7.40. The van der Waals surface area contributed by atoms with Crippen LogP contribution in [-0.4, -0.2) is 0 Å². The van der Waals surface area contributed by atoms with Crippen LogP contribution >= 0.6 is 35.5 Å². The van der Waals surface area contributed by atoms with E-state index in [1.54, 1.807) is 0 Å². The van der Waals surface area contributed by atoms with Gasteiger partial charge in [0.1, 0.15) is 0 Å². The molecule has 0 saturated heterocycles. The number of hydrogen-bond acceptors (Lipinski definition) is 4. The van der Waals surface area contributed by atoms with Crippen molar-refractivity contribution >= 4 is 51.5 Å². The third-order valence-corrected chi connectivity index (χ3v) is 3.94. The molecule has 0 aliphatic heterocycles. The average Bonchev–Trinajstić information content (AvgIpc) is 2.57. The largest absolute Gasteiger partial charge is 0.822 e. The molecule has 0 radical (unpaired) electrons. The smallest absolute Gasteiger partial charge is 0.0865 e. The Labute approximate surface area is 161 Å². The van der Waals surface area contributed by atoms with Crippen molar-refractivity contribution in [2.45, 2.75) is 0 Å². The molecule has 0 saturated carbocycles. The van der Waals surface area contributed by atoms with Crippen molar-refractivity contribution in [1.29, 1.82) is 0 Å². The fourth-order valence-corrected chi connectivity index (χ4v) is 2.25. The Kier molecular flexibility index (Phi) is 14.6. The summed E-state index contributed by atoms with van der Waals surface area (Å²) < 4.78 is 8.55. The molecule has 0 heterocycles. The molecular weight excluding hydrogens is 404 g/mol. The summed E-state index contributed by atoms with van der Waals surface area (Å²) in [4.78, 5) is 25.6. The van der Waals surface area contributed by atoms with E-state index in [9.17, 15) is 0 Å². The third kappa shape index (κ3) is 21.1. The first-order valence-corrected chi connectivity index (χ1v) is 11.1. The summed E-state index contributed by atoms with van der Waals surface area (Å²) in [6.07, 6.45) is 0. The summed E-state index contributed by atoms with van der Waals surface area (Å²) in [6.45, 7) is 0. The summed E-state index contributed by atoms with van der Waals surface area (Å²) in [6, 6.07) is 30.9. The monoisotopic (exact) mass is 428 g/mol. The second kappa shape index (κ2) is 15.2. The molecule has 0 aliphatic rings. The maximum Gasteiger partial charge on any atom is 0.0865 e. The minimum atomic E-state index is -5.39. The second-order valence-electron chi connectivity index (χ2n) is 4.90. The number of phosphoric acid groups is 1. The molecule has 3 aromatic rings. The van der Waals surface area contributed by atoms with Gasteiger partial charge < -0.3 is 19.2 Å². The summed E-state index contributed by atoms with van der Waals surface area (Å²) in [7, 11) is 0.315. The zero-order chi connectivity index (χ0) is 19.8. The molecule has 3 rings (SSSR count). The number of benzene rings is 3. The molecule has 0 aromatic heterocycles. The maximum absolute atomic E-state index is 8.55. The standard InChI is InChI=1S/3C6H7P.H3O4P/c3*7-6-4-2-1-3-5-6;1-5(2,3)4/h3*1-5H,7H2;(H3,1,2,3,4). The van der Waals surface area contributed by atoms with Crippen LogP contribution in [0.4, 0.5) is 0 Å². The Morgan fingerprint density at radius 2 is 0.654 bits per heavy atom. The van der Waals surface area contributed by atoms with Gasteiger partial charge in [-0.05, 0) is 36.4 Å². The molecule has 0 spiro atoms. The highest BCUT2D eigenvalue weighted by atomic mass is 31.2. The Hall–Kier alpha value is -0.940. The van der Waals surface area contributed by atoms with Crippen molar-refractivity contribution in [3.05, 3.63) is 91.0 Å². The van der Waals surface area contributed by atoms with Crippen molar-refractivity contribution < 1.29 is 19.2 Å². The normalized spacial score (nSPS) is 9.65. The minimum Gasteiger partial charge on any atom is -0.822 e. The van der Waals surface area contributed by atoms with Crippen LogP contribution in [0.3, 0.4) is 0 Å². The zero-order valence-electron chi connectivity index (χ0n) is 14.4. The van der Waals surface area contributed by atoms with E-state index < -0.39 is 7.82 Å². The predicted octanol–water partition coefficient (Wildman–Crippen LogP) is -0.0667. The van der Waals surface area contributed by atoms with E-state index in [-0.39, 0.29) is 0 Å².